The van der Waals surface area contributed by atoms with Crippen LogP contribution in [0.15, 0.2) is 36.4 Å². The minimum absolute atomic E-state index is 0.0265. The fourth-order valence-electron chi connectivity index (χ4n) is 3.59. The number of rotatable bonds is 1. The number of anilines is 1. The van der Waals surface area contributed by atoms with Crippen molar-refractivity contribution in [1.82, 2.24) is 4.90 Å². The van der Waals surface area contributed by atoms with Crippen molar-refractivity contribution in [3.8, 4) is 0 Å². The van der Waals surface area contributed by atoms with Crippen LogP contribution >= 0.6 is 0 Å². The Labute approximate surface area is 125 Å². The van der Waals surface area contributed by atoms with Gasteiger partial charge in [-0.1, -0.05) is 51.1 Å². The number of benzene rings is 1. The summed E-state index contributed by atoms with van der Waals surface area (Å²) >= 11 is 0. The molecular formula is C18H26N2. The second kappa shape index (κ2) is 4.63. The summed E-state index contributed by atoms with van der Waals surface area (Å²) in [6.07, 6.45) is 3.79. The molecule has 108 valence electrons. The molecule has 0 bridgehead atoms. The minimum atomic E-state index is -1.38. The average molecular weight is 272 g/mol. The summed E-state index contributed by atoms with van der Waals surface area (Å²) in [7, 11) is 0. The summed E-state index contributed by atoms with van der Waals surface area (Å²) in [6.45, 7) is 9.57. The van der Waals surface area contributed by atoms with E-state index in [0.29, 0.717) is 0 Å². The summed E-state index contributed by atoms with van der Waals surface area (Å²) in [5, 5.41) is 0. The molecule has 3 atom stereocenters. The van der Waals surface area contributed by atoms with Gasteiger partial charge in [-0.3, -0.25) is 4.90 Å². The van der Waals surface area contributed by atoms with Gasteiger partial charge in [0.1, 0.15) is 0 Å². The van der Waals surface area contributed by atoms with Crippen molar-refractivity contribution in [2.45, 2.75) is 52.9 Å². The van der Waals surface area contributed by atoms with Crippen molar-refractivity contribution in [2.75, 3.05) is 11.4 Å². The molecule has 20 heavy (non-hydrogen) atoms. The van der Waals surface area contributed by atoms with E-state index in [0.717, 1.165) is 0 Å². The van der Waals surface area contributed by atoms with Crippen molar-refractivity contribution < 1.29 is 2.74 Å². The Balaban J connectivity index is 2.13. The van der Waals surface area contributed by atoms with Gasteiger partial charge in [0, 0.05) is 21.0 Å². The van der Waals surface area contributed by atoms with Crippen molar-refractivity contribution >= 4 is 5.69 Å². The van der Waals surface area contributed by atoms with Crippen molar-refractivity contribution in [2.24, 2.45) is 5.41 Å². The number of nitrogens with zero attached hydrogens (tertiary/aromatic N) is 2. The van der Waals surface area contributed by atoms with Gasteiger partial charge >= 0.3 is 0 Å². The maximum Gasteiger partial charge on any atom is 0.0881 e. The van der Waals surface area contributed by atoms with Gasteiger partial charge in [0.25, 0.3) is 0 Å². The highest BCUT2D eigenvalue weighted by atomic mass is 15.5. The molecule has 1 fully saturated rings. The Morgan fingerprint density at radius 3 is 2.60 bits per heavy atom. The van der Waals surface area contributed by atoms with E-state index in [9.17, 15) is 0 Å². The highest BCUT2D eigenvalue weighted by molar-refractivity contribution is 5.57. The Morgan fingerprint density at radius 1 is 1.25 bits per heavy atom. The van der Waals surface area contributed by atoms with Crippen molar-refractivity contribution in [3.05, 3.63) is 42.0 Å². The number of fused-ring (bicyclic) bond motifs is 1. The van der Waals surface area contributed by atoms with Gasteiger partial charge in [-0.2, -0.15) is 0 Å². The maximum atomic E-state index is 8.40. The zero-order chi connectivity index (χ0) is 16.3. The summed E-state index contributed by atoms with van der Waals surface area (Å²) in [4.78, 5) is 4.46. The van der Waals surface area contributed by atoms with E-state index in [1.54, 1.807) is 6.08 Å². The van der Waals surface area contributed by atoms with E-state index in [-0.39, 0.29) is 23.7 Å². The van der Waals surface area contributed by atoms with E-state index in [1.807, 2.05) is 11.0 Å². The van der Waals surface area contributed by atoms with Crippen LogP contribution in [0.3, 0.4) is 0 Å². The summed E-state index contributed by atoms with van der Waals surface area (Å²) < 4.78 is 16.8. The van der Waals surface area contributed by atoms with Crippen LogP contribution in [0, 0.1) is 12.3 Å². The van der Waals surface area contributed by atoms with Gasteiger partial charge in [0.05, 0.1) is 12.2 Å². The van der Waals surface area contributed by atoms with E-state index < -0.39 is 6.50 Å². The molecule has 0 aromatic heterocycles. The molecule has 2 nitrogen and oxygen atoms in total. The van der Waals surface area contributed by atoms with Crippen LogP contribution in [0.4, 0.5) is 5.69 Å². The van der Waals surface area contributed by atoms with Gasteiger partial charge in [0.2, 0.25) is 0 Å². The molecule has 0 spiro atoms. The van der Waals surface area contributed by atoms with E-state index in [2.05, 4.69) is 63.8 Å². The Kier molecular flexibility index (Phi) is 2.63. The molecule has 1 aromatic rings. The van der Waals surface area contributed by atoms with Gasteiger partial charge in [0.15, 0.2) is 0 Å². The maximum absolute atomic E-state index is 8.40. The fraction of sp³-hybridized carbons (Fsp3) is 0.556. The van der Waals surface area contributed by atoms with Crippen LogP contribution in [0.2, 0.25) is 0 Å². The number of hydrogen-bond donors (Lipinski definition) is 0. The van der Waals surface area contributed by atoms with Gasteiger partial charge in [-0.25, -0.2) is 0 Å². The first kappa shape index (κ1) is 11.4. The SMILES string of the molecule is [2H]C1([2H])C=CC2[C@H](C)N(c3ccccc3C)C(C(C)(C)C)N21. The summed E-state index contributed by atoms with van der Waals surface area (Å²) in [6, 6.07) is 8.80. The molecule has 2 unspecified atom stereocenters. The van der Waals surface area contributed by atoms with Crippen LogP contribution in [-0.2, 0) is 0 Å². The van der Waals surface area contributed by atoms with Gasteiger partial charge < -0.3 is 4.90 Å². The predicted molar refractivity (Wildman–Crippen MR) is 86.0 cm³/mol. The second-order valence-electron chi connectivity index (χ2n) is 7.06. The molecule has 0 N–H and O–H groups in total. The molecular weight excluding hydrogens is 244 g/mol. The average Bonchev–Trinajstić information content (AvgIpc) is 2.87. The van der Waals surface area contributed by atoms with Crippen molar-refractivity contribution in [1.29, 1.82) is 0 Å². The third-order valence-electron chi connectivity index (χ3n) is 4.47. The Bertz CT molecular complexity index is 603. The molecule has 0 amide bonds. The topological polar surface area (TPSA) is 6.48 Å². The highest BCUT2D eigenvalue weighted by Gasteiger charge is 2.49. The second-order valence-corrected chi connectivity index (χ2v) is 7.06. The third kappa shape index (κ3) is 1.98. The molecule has 0 radical (unpaired) electrons. The zero-order valence-electron chi connectivity index (χ0n) is 15.1. The van der Waals surface area contributed by atoms with Crippen LogP contribution < -0.4 is 4.90 Å². The molecule has 2 aliphatic rings. The minimum Gasteiger partial charge on any atom is -0.350 e. The fourth-order valence-corrected chi connectivity index (χ4v) is 3.59. The van der Waals surface area contributed by atoms with Gasteiger partial charge in [-0.05, 0) is 30.9 Å². The monoisotopic (exact) mass is 272 g/mol. The molecule has 3 rings (SSSR count). The quantitative estimate of drug-likeness (QED) is 0.717. The van der Waals surface area contributed by atoms with E-state index in [1.165, 1.54) is 11.3 Å². The normalized spacial score (nSPS) is 34.0. The first-order valence-electron chi connectivity index (χ1n) is 8.46. The smallest absolute Gasteiger partial charge is 0.0881 e. The molecule has 2 heteroatoms. The number of aryl methyl sites for hydroxylation is 1. The Hall–Kier alpha value is -1.28. The first-order valence-corrected chi connectivity index (χ1v) is 7.46. The van der Waals surface area contributed by atoms with E-state index >= 15 is 0 Å². The van der Waals surface area contributed by atoms with Crippen molar-refractivity contribution in [3.63, 3.8) is 0 Å². The molecule has 1 aromatic carbocycles. The van der Waals surface area contributed by atoms with E-state index in [4.69, 9.17) is 2.74 Å². The Morgan fingerprint density at radius 2 is 1.95 bits per heavy atom. The summed E-state index contributed by atoms with van der Waals surface area (Å²) in [5.41, 5.74) is 2.41. The standard InChI is InChI=1S/C18H26N2/c1-13-9-6-7-10-15(13)20-14(2)16-11-8-12-19(16)17(20)18(3,4)5/h6-11,14,16-17H,12H2,1-5H3/t14-,16?,17?/m0/s1/i12D2. The lowest BCUT2D eigenvalue weighted by molar-refractivity contribution is 0.144. The molecule has 2 aliphatic heterocycles. The van der Waals surface area contributed by atoms with Crippen LogP contribution in [0.25, 0.3) is 0 Å². The predicted octanol–water partition coefficient (Wildman–Crippen LogP) is 3.82. The first-order chi connectivity index (χ1) is 10.1. The molecule has 0 aliphatic carbocycles. The molecule has 2 heterocycles. The largest absolute Gasteiger partial charge is 0.350 e. The molecule has 1 saturated heterocycles. The lowest BCUT2D eigenvalue weighted by Crippen LogP contribution is -2.49. The number of hydrogen-bond acceptors (Lipinski definition) is 2. The number of para-hydroxylation sites is 1. The zero-order valence-corrected chi connectivity index (χ0v) is 13.1. The lowest BCUT2D eigenvalue weighted by Gasteiger charge is -2.41. The van der Waals surface area contributed by atoms with Crippen LogP contribution in [-0.4, -0.2) is 29.6 Å². The van der Waals surface area contributed by atoms with Gasteiger partial charge in [-0.15, -0.1) is 0 Å². The lowest BCUT2D eigenvalue weighted by atomic mass is 9.90. The van der Waals surface area contributed by atoms with Crippen LogP contribution in [0.5, 0.6) is 0 Å². The third-order valence-corrected chi connectivity index (χ3v) is 4.47. The summed E-state index contributed by atoms with van der Waals surface area (Å²) in [5.74, 6) is 0. The molecule has 0 saturated carbocycles. The highest BCUT2D eigenvalue weighted by Crippen LogP contribution is 2.43. The van der Waals surface area contributed by atoms with Crippen LogP contribution in [0.1, 0.15) is 36.0 Å².